The summed E-state index contributed by atoms with van der Waals surface area (Å²) in [6, 6.07) is 9.29. The van der Waals surface area contributed by atoms with Gasteiger partial charge < -0.3 is 15.4 Å². The normalized spacial score (nSPS) is 23.0. The quantitative estimate of drug-likeness (QED) is 0.671. The van der Waals surface area contributed by atoms with Crippen LogP contribution >= 0.6 is 11.6 Å². The Morgan fingerprint density at radius 1 is 1.37 bits per heavy atom. The number of aromatic nitrogens is 1. The fourth-order valence-corrected chi connectivity index (χ4v) is 3.59. The van der Waals surface area contributed by atoms with Crippen molar-refractivity contribution in [3.63, 3.8) is 0 Å². The van der Waals surface area contributed by atoms with Crippen molar-refractivity contribution in [2.24, 2.45) is 5.92 Å². The summed E-state index contributed by atoms with van der Waals surface area (Å²) < 4.78 is 18.7. The first-order valence-electron chi connectivity index (χ1n) is 9.44. The first-order valence-corrected chi connectivity index (χ1v) is 9.82. The summed E-state index contributed by atoms with van der Waals surface area (Å²) in [4.78, 5) is 28.7. The number of rotatable bonds is 8. The summed E-state index contributed by atoms with van der Waals surface area (Å²) in [5, 5.41) is 14.4. The third-order valence-electron chi connectivity index (χ3n) is 5.41. The van der Waals surface area contributed by atoms with Crippen LogP contribution in [0.3, 0.4) is 0 Å². The number of halogens is 2. The van der Waals surface area contributed by atoms with E-state index in [4.69, 9.17) is 21.6 Å². The Kier molecular flexibility index (Phi) is 5.31. The highest BCUT2D eigenvalue weighted by Gasteiger charge is 2.80. The van der Waals surface area contributed by atoms with Crippen molar-refractivity contribution in [2.75, 3.05) is 6.61 Å². The number of nitrogens with one attached hydrogen (secondary N) is 2. The molecule has 2 saturated carbocycles. The second kappa shape index (κ2) is 7.92. The molecule has 3 atom stereocenters. The highest BCUT2D eigenvalue weighted by atomic mass is 35.5. The molecule has 1 aromatic heterocycles. The van der Waals surface area contributed by atoms with E-state index in [9.17, 15) is 14.0 Å². The van der Waals surface area contributed by atoms with E-state index in [1.54, 1.807) is 18.3 Å². The molecule has 4 rings (SSSR count). The molecule has 2 aliphatic carbocycles. The molecule has 3 unspecified atom stereocenters. The summed E-state index contributed by atoms with van der Waals surface area (Å²) in [5.41, 5.74) is 0.772. The lowest BCUT2D eigenvalue weighted by molar-refractivity contribution is -0.123. The molecule has 7 nitrogen and oxygen atoms in total. The van der Waals surface area contributed by atoms with Crippen molar-refractivity contribution in [3.8, 4) is 11.8 Å². The third-order valence-corrected chi connectivity index (χ3v) is 5.72. The second-order valence-electron chi connectivity index (χ2n) is 7.42. The summed E-state index contributed by atoms with van der Waals surface area (Å²) in [6.45, 7) is -0.264. The van der Waals surface area contributed by atoms with Gasteiger partial charge in [0.25, 0.3) is 11.8 Å². The number of amides is 2. The summed E-state index contributed by atoms with van der Waals surface area (Å²) >= 11 is 5.61. The monoisotopic (exact) mass is 428 g/mol. The Balaban J connectivity index is 1.24. The van der Waals surface area contributed by atoms with E-state index in [0.717, 1.165) is 18.1 Å². The van der Waals surface area contributed by atoms with E-state index in [0.29, 0.717) is 18.5 Å². The van der Waals surface area contributed by atoms with Crippen LogP contribution in [0.5, 0.6) is 5.75 Å². The zero-order valence-electron chi connectivity index (χ0n) is 15.8. The van der Waals surface area contributed by atoms with Crippen LogP contribution in [0.25, 0.3) is 0 Å². The van der Waals surface area contributed by atoms with Crippen molar-refractivity contribution in [1.29, 1.82) is 5.26 Å². The number of aryl methyl sites for hydroxylation is 1. The summed E-state index contributed by atoms with van der Waals surface area (Å²) in [5.74, 6) is -0.856. The Hall–Kier alpha value is -3.18. The maximum atomic E-state index is 13.4. The largest absolute Gasteiger partial charge is 0.484 e. The average molecular weight is 429 g/mol. The van der Waals surface area contributed by atoms with Gasteiger partial charge in [0.2, 0.25) is 0 Å². The summed E-state index contributed by atoms with van der Waals surface area (Å²) in [7, 11) is 0. The predicted molar refractivity (Wildman–Crippen MR) is 105 cm³/mol. The maximum Gasteiger partial charge on any atom is 0.270 e. The smallest absolute Gasteiger partial charge is 0.270 e. The van der Waals surface area contributed by atoms with Crippen molar-refractivity contribution < 1.29 is 18.7 Å². The van der Waals surface area contributed by atoms with Gasteiger partial charge in [-0.2, -0.15) is 5.26 Å². The molecule has 30 heavy (non-hydrogen) atoms. The molecular weight excluding hydrogens is 411 g/mol. The lowest BCUT2D eigenvalue weighted by atomic mass is 10.1. The molecule has 2 amide bonds. The molecule has 2 aliphatic rings. The van der Waals surface area contributed by atoms with Crippen molar-refractivity contribution in [3.05, 3.63) is 58.6 Å². The molecular formula is C21H18ClFN4O3. The molecule has 1 heterocycles. The van der Waals surface area contributed by atoms with E-state index in [2.05, 4.69) is 21.7 Å². The van der Waals surface area contributed by atoms with Crippen molar-refractivity contribution >= 4 is 23.4 Å². The fraction of sp³-hybridized carbons (Fsp3) is 0.333. The van der Waals surface area contributed by atoms with Crippen LogP contribution in [-0.4, -0.2) is 35.0 Å². The molecule has 2 fully saturated rings. The van der Waals surface area contributed by atoms with Crippen LogP contribution < -0.4 is 15.4 Å². The highest BCUT2D eigenvalue weighted by Crippen LogP contribution is 2.66. The molecule has 0 bridgehead atoms. The number of nitrogens with zero attached hydrogens (tertiary/aromatic N) is 2. The van der Waals surface area contributed by atoms with E-state index >= 15 is 0 Å². The van der Waals surface area contributed by atoms with Crippen molar-refractivity contribution in [2.45, 2.75) is 30.8 Å². The maximum absolute atomic E-state index is 13.4. The third kappa shape index (κ3) is 4.07. The number of benzene rings is 1. The van der Waals surface area contributed by atoms with Crippen LogP contribution in [0.2, 0.25) is 5.02 Å². The van der Waals surface area contributed by atoms with Crippen molar-refractivity contribution in [1.82, 2.24) is 15.6 Å². The average Bonchev–Trinajstić information content (AvgIpc) is 3.61. The van der Waals surface area contributed by atoms with Gasteiger partial charge in [0.05, 0.1) is 22.7 Å². The highest BCUT2D eigenvalue weighted by molar-refractivity contribution is 6.30. The van der Waals surface area contributed by atoms with Gasteiger partial charge in [-0.25, -0.2) is 4.39 Å². The van der Waals surface area contributed by atoms with Crippen LogP contribution in [0.15, 0.2) is 36.5 Å². The number of nitriles is 1. The predicted octanol–water partition coefficient (Wildman–Crippen LogP) is 2.40. The van der Waals surface area contributed by atoms with Gasteiger partial charge in [-0.15, -0.1) is 0 Å². The van der Waals surface area contributed by atoms with Gasteiger partial charge in [0.1, 0.15) is 17.3 Å². The molecule has 2 N–H and O–H groups in total. The minimum Gasteiger partial charge on any atom is -0.484 e. The first kappa shape index (κ1) is 20.1. The number of hydrogen-bond donors (Lipinski definition) is 2. The number of carbonyl (C=O) groups is 2. The molecule has 0 saturated heterocycles. The zero-order valence-corrected chi connectivity index (χ0v) is 16.6. The van der Waals surface area contributed by atoms with E-state index in [1.165, 1.54) is 12.1 Å². The van der Waals surface area contributed by atoms with Crippen LogP contribution in [-0.2, 0) is 11.2 Å². The number of hydrogen-bond acceptors (Lipinski definition) is 5. The minimum absolute atomic E-state index is 0.0196. The summed E-state index contributed by atoms with van der Waals surface area (Å²) in [6.07, 6.45) is 3.39. The number of carbonyl (C=O) groups excluding carboxylic acids is 2. The molecule has 154 valence electrons. The minimum atomic E-state index is -0.619. The SMILES string of the molecule is N#CCCc1ccc(C(=O)NC23CC2C3NC(=O)COc2ccc(Cl)c(F)c2)nc1. The molecule has 9 heteroatoms. The molecule has 0 spiro atoms. The topological polar surface area (TPSA) is 104 Å². The van der Waals surface area contributed by atoms with Crippen LogP contribution in [0.1, 0.15) is 28.9 Å². The lowest BCUT2D eigenvalue weighted by Crippen LogP contribution is -2.44. The van der Waals surface area contributed by atoms with Gasteiger partial charge in [0, 0.05) is 24.6 Å². The van der Waals surface area contributed by atoms with Gasteiger partial charge >= 0.3 is 0 Å². The van der Waals surface area contributed by atoms with Crippen LogP contribution in [0.4, 0.5) is 4.39 Å². The molecule has 2 aromatic rings. The molecule has 0 aliphatic heterocycles. The van der Waals surface area contributed by atoms with Gasteiger partial charge in [-0.1, -0.05) is 17.7 Å². The molecule has 1 aromatic carbocycles. The van der Waals surface area contributed by atoms with E-state index in [1.807, 2.05) is 0 Å². The van der Waals surface area contributed by atoms with E-state index in [-0.39, 0.29) is 41.2 Å². The number of pyridine rings is 1. The first-order chi connectivity index (χ1) is 14.4. The Labute approximate surface area is 177 Å². The Bertz CT molecular complexity index is 1040. The van der Waals surface area contributed by atoms with Gasteiger partial charge in [-0.05, 0) is 36.6 Å². The standard InChI is InChI=1S/C21H18ClFN4O3/c22-15-5-4-13(8-16(15)23)30-11-18(28)26-19-14-9-21(14,19)27-20(29)17-6-3-12(10-25-17)2-1-7-24/h3-6,8,10,14,19H,1-2,9,11H2,(H,26,28)(H,27,29). The number of fused-ring (bicyclic) bond motifs is 1. The van der Waals surface area contributed by atoms with Crippen LogP contribution in [0, 0.1) is 23.1 Å². The lowest BCUT2D eigenvalue weighted by Gasteiger charge is -2.15. The Morgan fingerprint density at radius 2 is 2.20 bits per heavy atom. The second-order valence-corrected chi connectivity index (χ2v) is 7.83. The van der Waals surface area contributed by atoms with E-state index < -0.39 is 11.4 Å². The van der Waals surface area contributed by atoms with Gasteiger partial charge in [0.15, 0.2) is 6.61 Å². The molecule has 0 radical (unpaired) electrons. The van der Waals surface area contributed by atoms with Gasteiger partial charge in [-0.3, -0.25) is 14.6 Å². The fourth-order valence-electron chi connectivity index (χ4n) is 3.47. The zero-order chi connectivity index (χ0) is 21.3. The number of ether oxygens (including phenoxy) is 1. The Morgan fingerprint density at radius 3 is 2.87 bits per heavy atom.